The van der Waals surface area contributed by atoms with Gasteiger partial charge in [-0.15, -0.1) is 0 Å². The Labute approximate surface area is 129 Å². The van der Waals surface area contributed by atoms with Gasteiger partial charge in [0.15, 0.2) is 0 Å². The van der Waals surface area contributed by atoms with E-state index in [0.29, 0.717) is 5.56 Å². The number of hydrogen-bond donors (Lipinski definition) is 0. The fraction of sp³-hybridized carbons (Fsp3) is 0.222. The molecular formula is C18H17N3O. The van der Waals surface area contributed by atoms with Crippen molar-refractivity contribution in [2.75, 3.05) is 6.54 Å². The number of nitriles is 1. The highest BCUT2D eigenvalue weighted by atomic mass is 16.2. The Morgan fingerprint density at radius 1 is 1.27 bits per heavy atom. The van der Waals surface area contributed by atoms with Gasteiger partial charge in [0.2, 0.25) is 5.91 Å². The van der Waals surface area contributed by atoms with E-state index in [1.165, 1.54) is 5.69 Å². The second-order valence-electron chi connectivity index (χ2n) is 5.40. The molecule has 1 amide bonds. The van der Waals surface area contributed by atoms with Gasteiger partial charge in [-0.05, 0) is 42.8 Å². The molecule has 4 nitrogen and oxygen atoms in total. The molecule has 1 aliphatic rings. The van der Waals surface area contributed by atoms with E-state index >= 15 is 0 Å². The van der Waals surface area contributed by atoms with Gasteiger partial charge in [-0.3, -0.25) is 4.79 Å². The number of carbonyl (C=O) groups excluding carboxylic acids is 1. The fourth-order valence-corrected chi connectivity index (χ4v) is 2.81. The zero-order chi connectivity index (χ0) is 15.5. The van der Waals surface area contributed by atoms with Crippen LogP contribution in [0.15, 0.2) is 48.7 Å². The van der Waals surface area contributed by atoms with Crippen molar-refractivity contribution in [3.63, 3.8) is 0 Å². The smallest absolute Gasteiger partial charge is 0.247 e. The summed E-state index contributed by atoms with van der Waals surface area (Å²) in [5.74, 6) is 0.0179. The summed E-state index contributed by atoms with van der Waals surface area (Å²) in [6, 6.07) is 13.4. The highest BCUT2D eigenvalue weighted by Crippen LogP contribution is 2.25. The van der Waals surface area contributed by atoms with Gasteiger partial charge in [0.05, 0.1) is 17.7 Å². The van der Waals surface area contributed by atoms with E-state index in [9.17, 15) is 4.79 Å². The monoisotopic (exact) mass is 291 g/mol. The van der Waals surface area contributed by atoms with Crippen molar-refractivity contribution in [1.29, 1.82) is 5.26 Å². The summed E-state index contributed by atoms with van der Waals surface area (Å²) in [5.41, 5.74) is 2.71. The summed E-state index contributed by atoms with van der Waals surface area (Å²) >= 11 is 0. The second-order valence-corrected chi connectivity index (χ2v) is 5.40. The van der Waals surface area contributed by atoms with E-state index in [1.807, 2.05) is 23.1 Å². The van der Waals surface area contributed by atoms with Crippen LogP contribution in [0, 0.1) is 11.3 Å². The maximum absolute atomic E-state index is 12.4. The Bertz CT molecular complexity index is 749. The molecule has 2 aromatic rings. The van der Waals surface area contributed by atoms with Crippen LogP contribution in [0.1, 0.15) is 29.8 Å². The Balaban J connectivity index is 1.72. The molecule has 0 saturated carbocycles. The number of rotatable bonds is 2. The number of hydrogen-bond acceptors (Lipinski definition) is 2. The first-order valence-electron chi connectivity index (χ1n) is 7.33. The van der Waals surface area contributed by atoms with E-state index in [-0.39, 0.29) is 11.9 Å². The zero-order valence-electron chi connectivity index (χ0n) is 12.4. The molecule has 0 fully saturated rings. The van der Waals surface area contributed by atoms with Gasteiger partial charge in [0, 0.05) is 31.1 Å². The topological polar surface area (TPSA) is 49.0 Å². The predicted octanol–water partition coefficient (Wildman–Crippen LogP) is 2.98. The predicted molar refractivity (Wildman–Crippen MR) is 84.8 cm³/mol. The van der Waals surface area contributed by atoms with Gasteiger partial charge in [0.25, 0.3) is 0 Å². The van der Waals surface area contributed by atoms with Gasteiger partial charge in [0.1, 0.15) is 0 Å². The van der Waals surface area contributed by atoms with Crippen molar-refractivity contribution in [3.05, 3.63) is 65.5 Å². The molecule has 0 saturated heterocycles. The van der Waals surface area contributed by atoms with E-state index in [2.05, 4.69) is 29.8 Å². The highest BCUT2D eigenvalue weighted by molar-refractivity contribution is 5.92. The summed E-state index contributed by atoms with van der Waals surface area (Å²) in [6.45, 7) is 3.61. The maximum Gasteiger partial charge on any atom is 0.247 e. The number of nitrogens with zero attached hydrogens (tertiary/aromatic N) is 3. The lowest BCUT2D eigenvalue weighted by Crippen LogP contribution is -2.39. The SMILES string of the molecule is CC1c2cccn2CCN1C(=O)/C=C/c1ccc(C#N)cc1. The zero-order valence-corrected chi connectivity index (χ0v) is 12.4. The fourth-order valence-electron chi connectivity index (χ4n) is 2.81. The molecule has 3 rings (SSSR count). The number of carbonyl (C=O) groups is 1. The number of benzene rings is 1. The average Bonchev–Trinajstić information content (AvgIpc) is 3.03. The molecule has 110 valence electrons. The molecule has 0 aliphatic carbocycles. The van der Waals surface area contributed by atoms with Gasteiger partial charge in [-0.2, -0.15) is 5.26 Å². The summed E-state index contributed by atoms with van der Waals surface area (Å²) in [5, 5.41) is 8.78. The van der Waals surface area contributed by atoms with Crippen LogP contribution in [0.2, 0.25) is 0 Å². The molecule has 1 aromatic heterocycles. The van der Waals surface area contributed by atoms with Crippen LogP contribution in [0.3, 0.4) is 0 Å². The highest BCUT2D eigenvalue weighted by Gasteiger charge is 2.25. The van der Waals surface area contributed by atoms with Crippen molar-refractivity contribution in [1.82, 2.24) is 9.47 Å². The Hall–Kier alpha value is -2.80. The molecule has 2 heterocycles. The molecule has 0 bridgehead atoms. The van der Waals surface area contributed by atoms with Crippen LogP contribution in [-0.4, -0.2) is 21.9 Å². The molecule has 1 aromatic carbocycles. The molecule has 1 aliphatic heterocycles. The number of fused-ring (bicyclic) bond motifs is 1. The maximum atomic E-state index is 12.4. The molecule has 0 spiro atoms. The van der Waals surface area contributed by atoms with Crippen LogP contribution in [0.4, 0.5) is 0 Å². The van der Waals surface area contributed by atoms with Crippen molar-refractivity contribution in [2.24, 2.45) is 0 Å². The first-order valence-corrected chi connectivity index (χ1v) is 7.33. The van der Waals surface area contributed by atoms with Gasteiger partial charge in [-0.25, -0.2) is 0 Å². The van der Waals surface area contributed by atoms with E-state index < -0.39 is 0 Å². The number of aromatic nitrogens is 1. The molecule has 0 N–H and O–H groups in total. The van der Waals surface area contributed by atoms with Crippen LogP contribution in [0.5, 0.6) is 0 Å². The largest absolute Gasteiger partial charge is 0.348 e. The Morgan fingerprint density at radius 2 is 2.05 bits per heavy atom. The Kier molecular flexibility index (Phi) is 3.80. The lowest BCUT2D eigenvalue weighted by molar-refractivity contribution is -0.129. The van der Waals surface area contributed by atoms with Gasteiger partial charge >= 0.3 is 0 Å². The first kappa shape index (κ1) is 14.2. The lowest BCUT2D eigenvalue weighted by Gasteiger charge is -2.34. The van der Waals surface area contributed by atoms with Crippen LogP contribution in [-0.2, 0) is 11.3 Å². The molecule has 0 radical (unpaired) electrons. The van der Waals surface area contributed by atoms with E-state index in [1.54, 1.807) is 24.3 Å². The van der Waals surface area contributed by atoms with Gasteiger partial charge < -0.3 is 9.47 Å². The minimum absolute atomic E-state index is 0.0179. The molecule has 1 unspecified atom stereocenters. The third-order valence-corrected chi connectivity index (χ3v) is 4.08. The lowest BCUT2D eigenvalue weighted by atomic mass is 10.1. The number of amides is 1. The normalized spacial score (nSPS) is 17.3. The minimum Gasteiger partial charge on any atom is -0.348 e. The van der Waals surface area contributed by atoms with E-state index in [4.69, 9.17) is 5.26 Å². The standard InChI is InChI=1S/C18H17N3O/c1-14-17-3-2-10-20(17)11-12-21(14)18(22)9-8-15-4-6-16(13-19)7-5-15/h2-10,14H,11-12H2,1H3/b9-8+. The molecule has 4 heteroatoms. The third-order valence-electron chi connectivity index (χ3n) is 4.08. The van der Waals surface area contributed by atoms with Crippen molar-refractivity contribution in [3.8, 4) is 6.07 Å². The van der Waals surface area contributed by atoms with E-state index in [0.717, 1.165) is 18.7 Å². The first-order chi connectivity index (χ1) is 10.7. The third kappa shape index (κ3) is 2.66. The van der Waals surface area contributed by atoms with Crippen molar-refractivity contribution < 1.29 is 4.79 Å². The second kappa shape index (κ2) is 5.90. The van der Waals surface area contributed by atoms with Crippen molar-refractivity contribution in [2.45, 2.75) is 19.5 Å². The Morgan fingerprint density at radius 3 is 2.77 bits per heavy atom. The van der Waals surface area contributed by atoms with Crippen LogP contribution < -0.4 is 0 Å². The summed E-state index contributed by atoms with van der Waals surface area (Å²) < 4.78 is 2.19. The molecule has 1 atom stereocenters. The summed E-state index contributed by atoms with van der Waals surface area (Å²) in [7, 11) is 0. The van der Waals surface area contributed by atoms with Crippen molar-refractivity contribution >= 4 is 12.0 Å². The molecular weight excluding hydrogens is 274 g/mol. The molecule has 22 heavy (non-hydrogen) atoms. The summed E-state index contributed by atoms with van der Waals surface area (Å²) in [6.07, 6.45) is 5.46. The van der Waals surface area contributed by atoms with Crippen LogP contribution in [0.25, 0.3) is 6.08 Å². The quantitative estimate of drug-likeness (QED) is 0.799. The van der Waals surface area contributed by atoms with Gasteiger partial charge in [-0.1, -0.05) is 12.1 Å². The average molecular weight is 291 g/mol. The summed E-state index contributed by atoms with van der Waals surface area (Å²) in [4.78, 5) is 14.3. The minimum atomic E-state index is 0.0179. The van der Waals surface area contributed by atoms with Crippen LogP contribution >= 0.6 is 0 Å².